The predicted octanol–water partition coefficient (Wildman–Crippen LogP) is 5.32. The summed E-state index contributed by atoms with van der Waals surface area (Å²) in [5, 5.41) is 8.75. The first-order chi connectivity index (χ1) is 11.6. The third-order valence-electron chi connectivity index (χ3n) is 4.29. The maximum absolute atomic E-state index is 8.75. The van der Waals surface area contributed by atoms with Gasteiger partial charge in [-0.25, -0.2) is 0 Å². The molecule has 1 unspecified atom stereocenters. The van der Waals surface area contributed by atoms with Crippen LogP contribution in [0.25, 0.3) is 0 Å². The average Bonchev–Trinajstić information content (AvgIpc) is 2.49. The highest BCUT2D eigenvalue weighted by Gasteiger charge is 2.40. The van der Waals surface area contributed by atoms with Gasteiger partial charge in [0.25, 0.3) is 0 Å². The van der Waals surface area contributed by atoms with Crippen LogP contribution in [0.3, 0.4) is 0 Å². The minimum absolute atomic E-state index is 0. The number of aliphatic hydroxyl groups excluding tert-OH is 1. The number of aliphatic hydroxyl groups is 1. The van der Waals surface area contributed by atoms with Crippen LogP contribution in [-0.2, 0) is 13.0 Å². The van der Waals surface area contributed by atoms with Gasteiger partial charge in [0, 0.05) is 6.61 Å². The monoisotopic (exact) mass is 441 g/mol. The Bertz CT molecular complexity index is 337. The van der Waals surface area contributed by atoms with Crippen molar-refractivity contribution in [3.8, 4) is 0 Å². The van der Waals surface area contributed by atoms with Crippen molar-refractivity contribution in [1.82, 2.24) is 0 Å². The van der Waals surface area contributed by atoms with Crippen molar-refractivity contribution in [2.24, 2.45) is 5.73 Å². The summed E-state index contributed by atoms with van der Waals surface area (Å²) >= 11 is 0. The van der Waals surface area contributed by atoms with E-state index in [0.29, 0.717) is 13.2 Å². The molecule has 0 amide bonds. The molecule has 0 aliphatic carbocycles. The van der Waals surface area contributed by atoms with E-state index in [9.17, 15) is 0 Å². The van der Waals surface area contributed by atoms with E-state index in [4.69, 9.17) is 23.8 Å². The molecule has 0 bridgehead atoms. The van der Waals surface area contributed by atoms with Crippen LogP contribution in [-0.4, -0.2) is 56.7 Å². The highest BCUT2D eigenvalue weighted by atomic mass is 28.5. The van der Waals surface area contributed by atoms with Gasteiger partial charge < -0.3 is 23.8 Å². The molecule has 8 heteroatoms. The molecule has 0 heterocycles. The lowest BCUT2D eigenvalue weighted by Gasteiger charge is -2.40. The first-order valence-electron chi connectivity index (χ1n) is 9.89. The zero-order valence-corrected chi connectivity index (χ0v) is 20.5. The van der Waals surface area contributed by atoms with Gasteiger partial charge in [-0.3, -0.25) is 0 Å². The van der Waals surface area contributed by atoms with Crippen LogP contribution in [0.4, 0.5) is 0 Å². The van der Waals surface area contributed by atoms with E-state index >= 15 is 0 Å². The molecule has 0 fully saturated rings. The molecule has 0 saturated carbocycles. The minimum atomic E-state index is -2.15. The Kier molecular flexibility index (Phi) is 19.4. The molecule has 0 radical (unpaired) electrons. The van der Waals surface area contributed by atoms with Gasteiger partial charge in [-0.05, 0) is 70.3 Å². The second-order valence-corrected chi connectivity index (χ2v) is 20.6. The molecule has 0 aromatic carbocycles. The number of hydrogen-bond donors (Lipinski definition) is 2. The quantitative estimate of drug-likeness (QED) is 0.250. The Morgan fingerprint density at radius 2 is 1.41 bits per heavy atom. The molecule has 0 aliphatic heterocycles. The molecular formula is C19H51NO4Si3. The molecule has 27 heavy (non-hydrogen) atoms. The molecule has 5 nitrogen and oxygen atoms in total. The van der Waals surface area contributed by atoms with Crippen molar-refractivity contribution in [2.45, 2.75) is 98.3 Å². The van der Waals surface area contributed by atoms with Crippen molar-refractivity contribution in [3.05, 3.63) is 0 Å². The van der Waals surface area contributed by atoms with Gasteiger partial charge in [0.2, 0.25) is 0 Å². The summed E-state index contributed by atoms with van der Waals surface area (Å²) in [5.41, 5.74) is 5.75. The van der Waals surface area contributed by atoms with Crippen molar-refractivity contribution >= 4 is 25.2 Å². The largest absolute Gasteiger partial charge is 0.437 e. The van der Waals surface area contributed by atoms with Crippen LogP contribution in [0.2, 0.25) is 50.9 Å². The first kappa shape index (κ1) is 32.1. The fraction of sp³-hybridized carbons (Fsp3) is 1.00. The van der Waals surface area contributed by atoms with Crippen molar-refractivity contribution in [1.29, 1.82) is 0 Å². The predicted molar refractivity (Wildman–Crippen MR) is 128 cm³/mol. The van der Waals surface area contributed by atoms with Crippen LogP contribution in [0, 0.1) is 0 Å². The van der Waals surface area contributed by atoms with E-state index in [2.05, 4.69) is 39.7 Å². The lowest BCUT2D eigenvalue weighted by atomic mass is 10.4. The SMILES string of the molecule is C.C.CCCC[Si](C)(CCCN)O[Si](C)(C)O[Si](C)(C)CCCOCCO. The third kappa shape index (κ3) is 17.1. The number of ether oxygens (including phenoxy) is 1. The average molecular weight is 442 g/mol. The Morgan fingerprint density at radius 3 is 1.93 bits per heavy atom. The fourth-order valence-corrected chi connectivity index (χ4v) is 18.5. The van der Waals surface area contributed by atoms with E-state index < -0.39 is 25.2 Å². The van der Waals surface area contributed by atoms with Gasteiger partial charge in [-0.1, -0.05) is 34.6 Å². The third-order valence-corrected chi connectivity index (χ3v) is 16.8. The summed E-state index contributed by atoms with van der Waals surface area (Å²) in [6, 6.07) is 3.41. The van der Waals surface area contributed by atoms with Crippen LogP contribution < -0.4 is 5.73 Å². The second kappa shape index (κ2) is 16.3. The molecule has 3 N–H and O–H groups in total. The molecule has 0 rings (SSSR count). The number of rotatable bonds is 16. The van der Waals surface area contributed by atoms with Gasteiger partial charge in [0.15, 0.2) is 16.6 Å². The Hall–Kier alpha value is 0.451. The van der Waals surface area contributed by atoms with Crippen LogP contribution in [0.1, 0.15) is 47.5 Å². The molecule has 0 saturated heterocycles. The maximum Gasteiger partial charge on any atom is 0.311 e. The van der Waals surface area contributed by atoms with E-state index in [-0.39, 0.29) is 21.5 Å². The van der Waals surface area contributed by atoms with Crippen LogP contribution >= 0.6 is 0 Å². The molecule has 0 spiro atoms. The van der Waals surface area contributed by atoms with E-state index in [1.807, 2.05) is 0 Å². The molecule has 0 aliphatic rings. The van der Waals surface area contributed by atoms with E-state index in [1.54, 1.807) is 0 Å². The number of nitrogens with two attached hydrogens (primary N) is 1. The molecule has 0 aromatic rings. The van der Waals surface area contributed by atoms with Gasteiger partial charge in [0.1, 0.15) is 0 Å². The lowest BCUT2D eigenvalue weighted by Crippen LogP contribution is -2.53. The van der Waals surface area contributed by atoms with E-state index in [0.717, 1.165) is 31.5 Å². The van der Waals surface area contributed by atoms with Gasteiger partial charge >= 0.3 is 8.56 Å². The van der Waals surface area contributed by atoms with Crippen molar-refractivity contribution < 1.29 is 18.1 Å². The summed E-state index contributed by atoms with van der Waals surface area (Å²) in [4.78, 5) is 0. The summed E-state index contributed by atoms with van der Waals surface area (Å²) < 4.78 is 18.8. The zero-order chi connectivity index (χ0) is 19.4. The highest BCUT2D eigenvalue weighted by Crippen LogP contribution is 2.29. The Balaban J connectivity index is -0.00000288. The van der Waals surface area contributed by atoms with Crippen molar-refractivity contribution in [2.75, 3.05) is 26.4 Å². The number of unbranched alkanes of at least 4 members (excludes halogenated alkanes) is 1. The molecule has 0 aromatic heterocycles. The second-order valence-electron chi connectivity index (χ2n) is 8.25. The first-order valence-corrected chi connectivity index (χ1v) is 18.6. The Labute approximate surface area is 173 Å². The van der Waals surface area contributed by atoms with Crippen LogP contribution in [0.15, 0.2) is 0 Å². The van der Waals surface area contributed by atoms with Gasteiger partial charge in [-0.15, -0.1) is 0 Å². The molecular weight excluding hydrogens is 390 g/mol. The summed E-state index contributed by atoms with van der Waals surface area (Å²) in [5.74, 6) is 0. The highest BCUT2D eigenvalue weighted by molar-refractivity contribution is 6.88. The summed E-state index contributed by atoms with van der Waals surface area (Å²) in [7, 11) is -5.67. The Morgan fingerprint density at radius 1 is 0.815 bits per heavy atom. The summed E-state index contributed by atoms with van der Waals surface area (Å²) in [6.07, 6.45) is 4.49. The number of hydrogen-bond acceptors (Lipinski definition) is 5. The van der Waals surface area contributed by atoms with Crippen LogP contribution in [0.5, 0.6) is 0 Å². The van der Waals surface area contributed by atoms with Gasteiger partial charge in [-0.2, -0.15) is 0 Å². The maximum atomic E-state index is 8.75. The zero-order valence-electron chi connectivity index (χ0n) is 17.5. The smallest absolute Gasteiger partial charge is 0.311 e. The van der Waals surface area contributed by atoms with Crippen molar-refractivity contribution in [3.63, 3.8) is 0 Å². The topological polar surface area (TPSA) is 73.9 Å². The van der Waals surface area contributed by atoms with E-state index in [1.165, 1.54) is 18.9 Å². The standard InChI is InChI=1S/C17H43NO4Si3.2CH4/c1-7-8-16-25(6,17-9-11-18)22-24(4,5)21-23(2,3)15-10-13-20-14-12-19;;/h19H,7-18H2,1-6H3;2*1H4. The molecule has 168 valence electrons. The minimum Gasteiger partial charge on any atom is -0.437 e. The summed E-state index contributed by atoms with van der Waals surface area (Å²) in [6.45, 7) is 15.6. The molecule has 1 atom stereocenters. The fourth-order valence-electron chi connectivity index (χ4n) is 3.35. The van der Waals surface area contributed by atoms with Gasteiger partial charge in [0.05, 0.1) is 13.2 Å². The lowest BCUT2D eigenvalue weighted by molar-refractivity contribution is 0.0923. The normalized spacial score (nSPS) is 14.2.